The predicted molar refractivity (Wildman–Crippen MR) is 46.1 cm³/mol. The number of phenols is 1. The summed E-state index contributed by atoms with van der Waals surface area (Å²) in [6.45, 7) is -0.542. The van der Waals surface area contributed by atoms with Crippen molar-refractivity contribution in [2.45, 2.75) is 6.17 Å². The van der Waals surface area contributed by atoms with Gasteiger partial charge in [-0.3, -0.25) is 0 Å². The highest BCUT2D eigenvalue weighted by molar-refractivity contribution is 5.72. The number of carboxylic acid groups (broad SMARTS) is 1. The van der Waals surface area contributed by atoms with Crippen LogP contribution >= 0.6 is 0 Å². The smallest absolute Gasteiger partial charge is 0.341 e. The lowest BCUT2D eigenvalue weighted by atomic mass is 10.3. The lowest BCUT2D eigenvalue weighted by Crippen LogP contribution is -2.22. The Morgan fingerprint density at radius 2 is 2.00 bits per heavy atom. The molecule has 0 bridgehead atoms. The van der Waals surface area contributed by atoms with Gasteiger partial charge in [0.2, 0.25) is 6.17 Å². The number of hydrogen-bond donors (Lipinski definition) is 2. The first-order chi connectivity index (χ1) is 6.59. The van der Waals surface area contributed by atoms with Crippen molar-refractivity contribution in [2.75, 3.05) is 6.61 Å². The minimum atomic E-state index is -2.04. The molecule has 1 atom stereocenters. The summed E-state index contributed by atoms with van der Waals surface area (Å²) in [5, 5.41) is 17.1. The van der Waals surface area contributed by atoms with Crippen LogP contribution in [0.3, 0.4) is 0 Å². The number of halogens is 1. The van der Waals surface area contributed by atoms with Crippen LogP contribution in [0.1, 0.15) is 0 Å². The summed E-state index contributed by atoms with van der Waals surface area (Å²) in [5.41, 5.74) is 0. The highest BCUT2D eigenvalue weighted by Gasteiger charge is 2.15. The van der Waals surface area contributed by atoms with E-state index in [0.29, 0.717) is 5.75 Å². The standard InChI is InChI=1S/C9H9FO4/c10-8(9(12)13)5-14-7-3-1-6(11)2-4-7/h1-4,8,11H,5H2,(H,12,13). The van der Waals surface area contributed by atoms with Gasteiger partial charge in [-0.05, 0) is 24.3 Å². The number of ether oxygens (including phenoxy) is 1. The average Bonchev–Trinajstić information content (AvgIpc) is 2.16. The molecule has 0 fully saturated rings. The molecular formula is C9H9FO4. The van der Waals surface area contributed by atoms with Crippen LogP contribution in [-0.4, -0.2) is 29.0 Å². The topological polar surface area (TPSA) is 66.8 Å². The molecule has 0 saturated carbocycles. The number of carbonyl (C=O) groups is 1. The van der Waals surface area contributed by atoms with Gasteiger partial charge in [0.25, 0.3) is 0 Å². The maximum absolute atomic E-state index is 12.5. The Morgan fingerprint density at radius 3 is 2.50 bits per heavy atom. The van der Waals surface area contributed by atoms with E-state index in [2.05, 4.69) is 0 Å². The number of hydrogen-bond acceptors (Lipinski definition) is 3. The molecule has 2 N–H and O–H groups in total. The molecule has 5 heteroatoms. The van der Waals surface area contributed by atoms with E-state index in [1.54, 1.807) is 0 Å². The normalized spacial score (nSPS) is 12.1. The molecule has 0 aliphatic heterocycles. The maximum Gasteiger partial charge on any atom is 0.341 e. The Labute approximate surface area is 79.6 Å². The number of benzene rings is 1. The van der Waals surface area contributed by atoms with Crippen molar-refractivity contribution < 1.29 is 24.1 Å². The number of rotatable bonds is 4. The number of aromatic hydroxyl groups is 1. The first kappa shape index (κ1) is 10.3. The molecule has 0 radical (unpaired) electrons. The quantitative estimate of drug-likeness (QED) is 0.766. The molecule has 1 rings (SSSR count). The van der Waals surface area contributed by atoms with Crippen LogP contribution in [0.15, 0.2) is 24.3 Å². The Morgan fingerprint density at radius 1 is 1.43 bits per heavy atom. The van der Waals surface area contributed by atoms with Crippen LogP contribution in [0.25, 0.3) is 0 Å². The minimum Gasteiger partial charge on any atom is -0.508 e. The molecule has 4 nitrogen and oxygen atoms in total. The van der Waals surface area contributed by atoms with Crippen molar-refractivity contribution >= 4 is 5.97 Å². The van der Waals surface area contributed by atoms with Crippen molar-refractivity contribution in [3.63, 3.8) is 0 Å². The van der Waals surface area contributed by atoms with Gasteiger partial charge in [-0.25, -0.2) is 9.18 Å². The summed E-state index contributed by atoms with van der Waals surface area (Å²) in [5.74, 6) is -1.18. The number of carboxylic acids is 1. The van der Waals surface area contributed by atoms with Gasteiger partial charge < -0.3 is 14.9 Å². The highest BCUT2D eigenvalue weighted by Crippen LogP contribution is 2.16. The average molecular weight is 200 g/mol. The number of alkyl halides is 1. The molecule has 0 amide bonds. The summed E-state index contributed by atoms with van der Waals surface area (Å²) in [7, 11) is 0. The molecular weight excluding hydrogens is 191 g/mol. The highest BCUT2D eigenvalue weighted by atomic mass is 19.1. The fraction of sp³-hybridized carbons (Fsp3) is 0.222. The van der Waals surface area contributed by atoms with Gasteiger partial charge in [-0.15, -0.1) is 0 Å². The summed E-state index contributed by atoms with van der Waals surface area (Å²) >= 11 is 0. The van der Waals surface area contributed by atoms with Crippen LogP contribution in [0.5, 0.6) is 11.5 Å². The summed E-state index contributed by atoms with van der Waals surface area (Å²) < 4.78 is 17.3. The number of aliphatic carboxylic acids is 1. The molecule has 1 aromatic carbocycles. The molecule has 1 aromatic rings. The summed E-state index contributed by atoms with van der Waals surface area (Å²) in [6.07, 6.45) is -2.04. The largest absolute Gasteiger partial charge is 0.508 e. The van der Waals surface area contributed by atoms with Crippen molar-refractivity contribution in [2.24, 2.45) is 0 Å². The fourth-order valence-electron chi connectivity index (χ4n) is 0.783. The monoisotopic (exact) mass is 200 g/mol. The molecule has 0 saturated heterocycles. The van der Waals surface area contributed by atoms with Crippen LogP contribution in [0.2, 0.25) is 0 Å². The van der Waals surface area contributed by atoms with Gasteiger partial charge in [0, 0.05) is 0 Å². The van der Waals surface area contributed by atoms with Crippen LogP contribution < -0.4 is 4.74 Å². The molecule has 76 valence electrons. The third kappa shape index (κ3) is 2.93. The van der Waals surface area contributed by atoms with E-state index in [-0.39, 0.29) is 5.75 Å². The second-order valence-corrected chi connectivity index (χ2v) is 2.61. The van der Waals surface area contributed by atoms with Gasteiger partial charge in [-0.1, -0.05) is 0 Å². The second-order valence-electron chi connectivity index (χ2n) is 2.61. The van der Waals surface area contributed by atoms with Gasteiger partial charge in [0.1, 0.15) is 18.1 Å². The van der Waals surface area contributed by atoms with Crippen molar-refractivity contribution in [3.8, 4) is 11.5 Å². The van der Waals surface area contributed by atoms with Gasteiger partial charge >= 0.3 is 5.97 Å². The number of phenolic OH excluding ortho intramolecular Hbond substituents is 1. The molecule has 0 spiro atoms. The Hall–Kier alpha value is -1.78. The summed E-state index contributed by atoms with van der Waals surface area (Å²) in [4.78, 5) is 10.1. The molecule has 14 heavy (non-hydrogen) atoms. The van der Waals surface area contributed by atoms with Crippen molar-refractivity contribution in [1.29, 1.82) is 0 Å². The lowest BCUT2D eigenvalue weighted by Gasteiger charge is -2.06. The van der Waals surface area contributed by atoms with Gasteiger partial charge in [0.05, 0.1) is 0 Å². The molecule has 0 aliphatic rings. The van der Waals surface area contributed by atoms with E-state index in [0.717, 1.165) is 0 Å². The summed E-state index contributed by atoms with van der Waals surface area (Å²) in [6, 6.07) is 5.57. The first-order valence-corrected chi connectivity index (χ1v) is 3.88. The third-order valence-electron chi connectivity index (χ3n) is 1.50. The fourth-order valence-corrected chi connectivity index (χ4v) is 0.783. The Balaban J connectivity index is 2.46. The van der Waals surface area contributed by atoms with E-state index >= 15 is 0 Å². The maximum atomic E-state index is 12.5. The zero-order valence-corrected chi connectivity index (χ0v) is 7.18. The minimum absolute atomic E-state index is 0.0624. The van der Waals surface area contributed by atoms with Gasteiger partial charge in [0.15, 0.2) is 0 Å². The SMILES string of the molecule is O=C(O)C(F)COc1ccc(O)cc1. The molecule has 0 aromatic heterocycles. The second kappa shape index (κ2) is 4.45. The van der Waals surface area contributed by atoms with Crippen molar-refractivity contribution in [1.82, 2.24) is 0 Å². The van der Waals surface area contributed by atoms with Crippen molar-refractivity contribution in [3.05, 3.63) is 24.3 Å². The lowest BCUT2D eigenvalue weighted by molar-refractivity contribution is -0.143. The molecule has 0 heterocycles. The third-order valence-corrected chi connectivity index (χ3v) is 1.50. The molecule has 1 unspecified atom stereocenters. The first-order valence-electron chi connectivity index (χ1n) is 3.88. The van der Waals surface area contributed by atoms with E-state index < -0.39 is 18.7 Å². The Bertz CT molecular complexity index is 309. The van der Waals surface area contributed by atoms with Crippen LogP contribution in [-0.2, 0) is 4.79 Å². The zero-order chi connectivity index (χ0) is 10.6. The zero-order valence-electron chi connectivity index (χ0n) is 7.18. The molecule has 0 aliphatic carbocycles. The predicted octanol–water partition coefficient (Wildman–Crippen LogP) is 1.19. The van der Waals surface area contributed by atoms with Crippen LogP contribution in [0.4, 0.5) is 4.39 Å². The van der Waals surface area contributed by atoms with Gasteiger partial charge in [-0.2, -0.15) is 0 Å². The van der Waals surface area contributed by atoms with E-state index in [1.165, 1.54) is 24.3 Å². The van der Waals surface area contributed by atoms with E-state index in [4.69, 9.17) is 14.9 Å². The van der Waals surface area contributed by atoms with E-state index in [1.807, 2.05) is 0 Å². The van der Waals surface area contributed by atoms with Crippen LogP contribution in [0, 0.1) is 0 Å². The van der Waals surface area contributed by atoms with E-state index in [9.17, 15) is 9.18 Å². The Kier molecular flexibility index (Phi) is 3.28.